The van der Waals surface area contributed by atoms with Crippen molar-refractivity contribution in [1.29, 1.82) is 0 Å². The zero-order chi connectivity index (χ0) is 22.0. The van der Waals surface area contributed by atoms with Crippen LogP contribution in [-0.2, 0) is 0 Å². The molecule has 3 N–H and O–H groups in total. The third-order valence-electron chi connectivity index (χ3n) is 5.28. The Hall–Kier alpha value is -3.74. The van der Waals surface area contributed by atoms with Gasteiger partial charge in [-0.05, 0) is 43.5 Å². The molecule has 0 aromatic heterocycles. The molecule has 1 fully saturated rings. The van der Waals surface area contributed by atoms with E-state index in [0.717, 1.165) is 40.9 Å². The molecule has 1 heterocycles. The largest absolute Gasteiger partial charge is 0.355 e. The van der Waals surface area contributed by atoms with E-state index in [9.17, 15) is 4.79 Å². The summed E-state index contributed by atoms with van der Waals surface area (Å²) < 4.78 is 0. The minimum Gasteiger partial charge on any atom is -0.355 e. The summed E-state index contributed by atoms with van der Waals surface area (Å²) in [5, 5.41) is 9.37. The van der Waals surface area contributed by atoms with Crippen LogP contribution in [0.2, 0.25) is 0 Å². The van der Waals surface area contributed by atoms with E-state index in [1.165, 1.54) is 0 Å². The van der Waals surface area contributed by atoms with E-state index in [1.807, 2.05) is 37.3 Å². The molecule has 1 saturated carbocycles. The molecule has 0 radical (unpaired) electrons. The number of para-hydroxylation sites is 1. The highest BCUT2D eigenvalue weighted by Crippen LogP contribution is 2.32. The Morgan fingerprint density at radius 2 is 1.97 bits per heavy atom. The van der Waals surface area contributed by atoms with Gasteiger partial charge in [0.2, 0.25) is 5.96 Å². The molecule has 1 aliphatic carbocycles. The fourth-order valence-electron chi connectivity index (χ4n) is 3.33. The van der Waals surface area contributed by atoms with Gasteiger partial charge >= 0.3 is 0 Å². The molecule has 2 aromatic rings. The van der Waals surface area contributed by atoms with E-state index in [-0.39, 0.29) is 5.91 Å². The fourth-order valence-corrected chi connectivity index (χ4v) is 3.33. The lowest BCUT2D eigenvalue weighted by Crippen LogP contribution is -2.33. The number of hydrogen-bond donors (Lipinski definition) is 3. The highest BCUT2D eigenvalue weighted by Gasteiger charge is 2.27. The molecular weight excluding hydrogens is 388 g/mol. The molecular formula is C24H26N6O. The van der Waals surface area contributed by atoms with Gasteiger partial charge in [0.25, 0.3) is 5.91 Å². The van der Waals surface area contributed by atoms with Crippen molar-refractivity contribution in [2.24, 2.45) is 15.0 Å². The molecule has 7 nitrogen and oxygen atoms in total. The number of amidine groups is 1. The van der Waals surface area contributed by atoms with E-state index < -0.39 is 0 Å². The van der Waals surface area contributed by atoms with Gasteiger partial charge in [0.1, 0.15) is 5.71 Å². The van der Waals surface area contributed by atoms with Gasteiger partial charge in [-0.25, -0.2) is 9.98 Å². The van der Waals surface area contributed by atoms with Gasteiger partial charge in [-0.3, -0.25) is 9.79 Å². The van der Waals surface area contributed by atoms with Crippen molar-refractivity contribution in [3.8, 4) is 0 Å². The molecule has 0 spiro atoms. The maximum Gasteiger partial charge on any atom is 0.251 e. The summed E-state index contributed by atoms with van der Waals surface area (Å²) in [6.45, 7) is 6.31. The number of guanidine groups is 1. The van der Waals surface area contributed by atoms with E-state index >= 15 is 0 Å². The fraction of sp³-hybridized carbons (Fsp3) is 0.250. The van der Waals surface area contributed by atoms with Crippen LogP contribution in [0.5, 0.6) is 0 Å². The van der Waals surface area contributed by atoms with Gasteiger partial charge < -0.3 is 16.0 Å². The smallest absolute Gasteiger partial charge is 0.251 e. The number of benzene rings is 2. The molecule has 0 atom stereocenters. The van der Waals surface area contributed by atoms with E-state index in [0.29, 0.717) is 29.1 Å². The average molecular weight is 415 g/mol. The molecule has 158 valence electrons. The van der Waals surface area contributed by atoms with Crippen molar-refractivity contribution < 1.29 is 4.79 Å². The van der Waals surface area contributed by atoms with Crippen LogP contribution in [0, 0.1) is 6.92 Å². The van der Waals surface area contributed by atoms with E-state index in [4.69, 9.17) is 9.98 Å². The molecule has 1 aliphatic heterocycles. The minimum atomic E-state index is -0.152. The number of carbonyl (C=O) groups is 1. The molecule has 31 heavy (non-hydrogen) atoms. The number of aliphatic imine (C=N–C) groups is 3. The molecule has 2 aromatic carbocycles. The van der Waals surface area contributed by atoms with Crippen LogP contribution in [0.1, 0.15) is 34.3 Å². The third-order valence-corrected chi connectivity index (χ3v) is 5.28. The van der Waals surface area contributed by atoms with Crippen LogP contribution in [-0.4, -0.2) is 43.6 Å². The Morgan fingerprint density at radius 1 is 1.19 bits per heavy atom. The minimum absolute atomic E-state index is 0.152. The van der Waals surface area contributed by atoms with Crippen molar-refractivity contribution in [2.75, 3.05) is 19.4 Å². The number of amides is 1. The number of hydrogen-bond acceptors (Lipinski definition) is 3. The van der Waals surface area contributed by atoms with Gasteiger partial charge in [-0.2, -0.15) is 0 Å². The Morgan fingerprint density at radius 3 is 2.65 bits per heavy atom. The van der Waals surface area contributed by atoms with Crippen LogP contribution < -0.4 is 16.0 Å². The first-order chi connectivity index (χ1) is 15.0. The van der Waals surface area contributed by atoms with Crippen molar-refractivity contribution in [3.05, 3.63) is 65.7 Å². The van der Waals surface area contributed by atoms with E-state index in [2.05, 4.69) is 27.5 Å². The van der Waals surface area contributed by atoms with Gasteiger partial charge in [-0.1, -0.05) is 30.8 Å². The number of nitrogens with one attached hydrogen (secondary N) is 3. The topological polar surface area (TPSA) is 90.2 Å². The summed E-state index contributed by atoms with van der Waals surface area (Å²) in [6, 6.07) is 13.8. The SMILES string of the molecule is C=C1C(=NC(=NC)NC2CC2)C(=Nc2ccccc2C)Nc2cc(C(=O)NC)ccc21. The predicted octanol–water partition coefficient (Wildman–Crippen LogP) is 3.70. The van der Waals surface area contributed by atoms with Crippen molar-refractivity contribution in [2.45, 2.75) is 25.8 Å². The van der Waals surface area contributed by atoms with Crippen LogP contribution in [0.15, 0.2) is 64.0 Å². The first-order valence-electron chi connectivity index (χ1n) is 10.3. The zero-order valence-electron chi connectivity index (χ0n) is 18.0. The van der Waals surface area contributed by atoms with E-state index in [1.54, 1.807) is 26.2 Å². The molecule has 0 unspecified atom stereocenters. The summed E-state index contributed by atoms with van der Waals surface area (Å²) >= 11 is 0. The first kappa shape index (κ1) is 20.5. The van der Waals surface area contributed by atoms with Crippen LogP contribution in [0.4, 0.5) is 11.4 Å². The lowest BCUT2D eigenvalue weighted by atomic mass is 9.94. The Balaban J connectivity index is 1.82. The highest BCUT2D eigenvalue weighted by molar-refractivity contribution is 6.63. The zero-order valence-corrected chi connectivity index (χ0v) is 18.0. The number of anilines is 1. The molecule has 2 aliphatic rings. The normalized spacial score (nSPS) is 18.5. The predicted molar refractivity (Wildman–Crippen MR) is 128 cm³/mol. The van der Waals surface area contributed by atoms with Gasteiger partial charge in [0.15, 0.2) is 5.84 Å². The van der Waals surface area contributed by atoms with Crippen LogP contribution in [0.25, 0.3) is 5.57 Å². The number of rotatable bonds is 3. The number of carbonyl (C=O) groups excluding carboxylic acids is 1. The van der Waals surface area contributed by atoms with Gasteiger partial charge in [-0.15, -0.1) is 0 Å². The Labute approximate surface area is 182 Å². The second kappa shape index (κ2) is 8.55. The van der Waals surface area contributed by atoms with Gasteiger partial charge in [0, 0.05) is 42.5 Å². The molecule has 1 amide bonds. The third kappa shape index (κ3) is 4.40. The quantitative estimate of drug-likeness (QED) is 0.528. The Kier molecular flexibility index (Phi) is 5.66. The molecule has 7 heteroatoms. The lowest BCUT2D eigenvalue weighted by molar-refractivity contribution is 0.0963. The lowest BCUT2D eigenvalue weighted by Gasteiger charge is -2.24. The summed E-state index contributed by atoms with van der Waals surface area (Å²) in [5.41, 5.74) is 5.43. The van der Waals surface area contributed by atoms with Crippen LogP contribution in [0.3, 0.4) is 0 Å². The molecule has 0 bridgehead atoms. The van der Waals surface area contributed by atoms with Gasteiger partial charge in [0.05, 0.1) is 5.69 Å². The van der Waals surface area contributed by atoms with Crippen molar-refractivity contribution in [1.82, 2.24) is 10.6 Å². The first-order valence-corrected chi connectivity index (χ1v) is 10.3. The monoisotopic (exact) mass is 414 g/mol. The summed E-state index contributed by atoms with van der Waals surface area (Å²) in [6.07, 6.45) is 2.25. The number of aryl methyl sites for hydroxylation is 1. The number of nitrogens with zero attached hydrogens (tertiary/aromatic N) is 3. The average Bonchev–Trinajstić information content (AvgIpc) is 3.60. The second-order valence-electron chi connectivity index (χ2n) is 7.62. The highest BCUT2D eigenvalue weighted by atomic mass is 16.1. The Bertz CT molecular complexity index is 1140. The maximum absolute atomic E-state index is 12.1. The van der Waals surface area contributed by atoms with Crippen molar-refractivity contribution >= 4 is 40.4 Å². The molecule has 0 saturated heterocycles. The van der Waals surface area contributed by atoms with Crippen LogP contribution >= 0.6 is 0 Å². The summed E-state index contributed by atoms with van der Waals surface area (Å²) in [4.78, 5) is 26.1. The molecule has 4 rings (SSSR count). The standard InChI is InChI=1S/C24H26N6O/c1-14-7-5-6-8-19(14)28-22-21(30-24(26-4)27-17-10-11-17)15(2)18-12-9-16(23(31)25-3)13-20(18)29-22/h5-9,12-13,17H,2,10-11H2,1,3-4H3,(H,25,31)(H,26,27)(H,28,29). The maximum atomic E-state index is 12.1. The summed E-state index contributed by atoms with van der Waals surface area (Å²) in [7, 11) is 3.33. The second-order valence-corrected chi connectivity index (χ2v) is 7.62. The number of fused-ring (bicyclic) bond motifs is 1. The summed E-state index contributed by atoms with van der Waals surface area (Å²) in [5.74, 6) is 0.976. The van der Waals surface area contributed by atoms with Crippen molar-refractivity contribution in [3.63, 3.8) is 0 Å².